The number of nitrogens with one attached hydrogen (secondary N) is 1. The maximum Gasteiger partial charge on any atom is 0.0181 e. The molecule has 0 saturated heterocycles. The van der Waals surface area contributed by atoms with Crippen LogP contribution < -0.4 is 5.32 Å². The van der Waals surface area contributed by atoms with E-state index in [1.165, 1.54) is 16.7 Å². The smallest absolute Gasteiger partial charge is 0.0181 e. The van der Waals surface area contributed by atoms with E-state index in [0.717, 1.165) is 17.4 Å². The minimum absolute atomic E-state index is 0.992. The van der Waals surface area contributed by atoms with Gasteiger partial charge in [0.25, 0.3) is 0 Å². The van der Waals surface area contributed by atoms with Crippen LogP contribution in [0.25, 0.3) is 6.08 Å². The zero-order chi connectivity index (χ0) is 9.26. The van der Waals surface area contributed by atoms with Gasteiger partial charge in [0.2, 0.25) is 0 Å². The van der Waals surface area contributed by atoms with Gasteiger partial charge in [0.15, 0.2) is 0 Å². The van der Waals surface area contributed by atoms with Crippen molar-refractivity contribution < 1.29 is 0 Å². The largest absolute Gasteiger partial charge is 0.316 e. The molecular formula is C11H12BrN. The Hall–Kier alpha value is -0.600. The third kappa shape index (κ3) is 1.84. The highest BCUT2D eigenvalue weighted by molar-refractivity contribution is 9.10. The van der Waals surface area contributed by atoms with E-state index >= 15 is 0 Å². The van der Waals surface area contributed by atoms with Crippen LogP contribution in [0.1, 0.15) is 11.1 Å². The summed E-state index contributed by atoms with van der Waals surface area (Å²) in [4.78, 5) is 0. The number of likely N-dealkylation sites (N-methyl/N-ethyl adjacent to an activating group) is 1. The zero-order valence-electron chi connectivity index (χ0n) is 7.60. The Morgan fingerprint density at radius 3 is 3.08 bits per heavy atom. The van der Waals surface area contributed by atoms with E-state index in [-0.39, 0.29) is 0 Å². The van der Waals surface area contributed by atoms with E-state index in [0.29, 0.717) is 0 Å². The summed E-state index contributed by atoms with van der Waals surface area (Å²) in [6.07, 6.45) is 3.38. The molecule has 1 aromatic carbocycles. The molecule has 2 heteroatoms. The molecule has 0 fully saturated rings. The second-order valence-corrected chi connectivity index (χ2v) is 4.27. The molecule has 0 heterocycles. The lowest BCUT2D eigenvalue weighted by Crippen LogP contribution is -2.09. The number of halogens is 1. The van der Waals surface area contributed by atoms with Crippen molar-refractivity contribution in [2.75, 3.05) is 13.6 Å². The van der Waals surface area contributed by atoms with Crippen LogP contribution in [0.3, 0.4) is 0 Å². The molecule has 0 radical (unpaired) electrons. The zero-order valence-corrected chi connectivity index (χ0v) is 9.19. The molecule has 1 nitrogen and oxygen atoms in total. The fraction of sp³-hybridized carbons (Fsp3) is 0.273. The molecule has 0 bridgehead atoms. The summed E-state index contributed by atoms with van der Waals surface area (Å²) < 4.78 is 1.16. The monoisotopic (exact) mass is 237 g/mol. The molecule has 2 rings (SSSR count). The van der Waals surface area contributed by atoms with Crippen molar-refractivity contribution in [2.45, 2.75) is 6.42 Å². The van der Waals surface area contributed by atoms with Gasteiger partial charge >= 0.3 is 0 Å². The standard InChI is InChI=1S/C11H12BrN/c1-13-7-8-4-9-2-3-11(12)6-10(9)5-8/h2-3,5-6,13H,4,7H2,1H3. The predicted octanol–water partition coefficient (Wildman–Crippen LogP) is 2.61. The van der Waals surface area contributed by atoms with Crippen LogP contribution in [0, 0.1) is 0 Å². The molecule has 0 aromatic heterocycles. The van der Waals surface area contributed by atoms with Gasteiger partial charge in [0, 0.05) is 11.0 Å². The molecular weight excluding hydrogens is 226 g/mol. The summed E-state index contributed by atoms with van der Waals surface area (Å²) in [7, 11) is 1.99. The Balaban J connectivity index is 2.27. The van der Waals surface area contributed by atoms with Crippen LogP contribution in [0.4, 0.5) is 0 Å². The fourth-order valence-electron chi connectivity index (χ4n) is 1.72. The van der Waals surface area contributed by atoms with Crippen LogP contribution in [0.5, 0.6) is 0 Å². The van der Waals surface area contributed by atoms with Gasteiger partial charge in [0.05, 0.1) is 0 Å². The number of hydrogen-bond donors (Lipinski definition) is 1. The molecule has 1 aliphatic carbocycles. The number of fused-ring (bicyclic) bond motifs is 1. The molecule has 0 spiro atoms. The predicted molar refractivity (Wildman–Crippen MR) is 59.7 cm³/mol. The summed E-state index contributed by atoms with van der Waals surface area (Å²) >= 11 is 3.48. The van der Waals surface area contributed by atoms with Crippen LogP contribution in [0.2, 0.25) is 0 Å². The first-order valence-corrected chi connectivity index (χ1v) is 5.21. The first-order valence-electron chi connectivity index (χ1n) is 4.42. The first-order chi connectivity index (χ1) is 6.29. The average Bonchev–Trinajstić information content (AvgIpc) is 2.46. The second-order valence-electron chi connectivity index (χ2n) is 3.35. The van der Waals surface area contributed by atoms with Crippen molar-refractivity contribution in [1.29, 1.82) is 0 Å². The van der Waals surface area contributed by atoms with Gasteiger partial charge in [0.1, 0.15) is 0 Å². The van der Waals surface area contributed by atoms with Crippen molar-refractivity contribution in [2.24, 2.45) is 0 Å². The molecule has 0 atom stereocenters. The van der Waals surface area contributed by atoms with Crippen molar-refractivity contribution in [3.8, 4) is 0 Å². The molecule has 1 N–H and O–H groups in total. The Kier molecular flexibility index (Phi) is 2.51. The highest BCUT2D eigenvalue weighted by Crippen LogP contribution is 2.27. The topological polar surface area (TPSA) is 12.0 Å². The number of benzene rings is 1. The maximum atomic E-state index is 3.48. The molecule has 0 unspecified atom stereocenters. The van der Waals surface area contributed by atoms with Crippen LogP contribution >= 0.6 is 15.9 Å². The average molecular weight is 238 g/mol. The van der Waals surface area contributed by atoms with E-state index < -0.39 is 0 Å². The van der Waals surface area contributed by atoms with Gasteiger partial charge in [-0.3, -0.25) is 0 Å². The van der Waals surface area contributed by atoms with E-state index in [9.17, 15) is 0 Å². The van der Waals surface area contributed by atoms with E-state index in [4.69, 9.17) is 0 Å². The lowest BCUT2D eigenvalue weighted by molar-refractivity contribution is 0.866. The minimum Gasteiger partial charge on any atom is -0.316 e. The molecule has 13 heavy (non-hydrogen) atoms. The third-order valence-electron chi connectivity index (χ3n) is 2.29. The summed E-state index contributed by atoms with van der Waals surface area (Å²) in [6.45, 7) is 0.992. The molecule has 1 aromatic rings. The van der Waals surface area contributed by atoms with E-state index in [1.807, 2.05) is 7.05 Å². The molecule has 0 amide bonds. The van der Waals surface area contributed by atoms with E-state index in [1.54, 1.807) is 0 Å². The van der Waals surface area contributed by atoms with Crippen molar-refractivity contribution in [3.63, 3.8) is 0 Å². The SMILES string of the molecule is CNCC1=Cc2cc(Br)ccc2C1. The molecule has 0 aliphatic heterocycles. The lowest BCUT2D eigenvalue weighted by Gasteiger charge is -1.99. The van der Waals surface area contributed by atoms with Crippen LogP contribution in [-0.4, -0.2) is 13.6 Å². The molecule has 1 aliphatic rings. The Bertz CT molecular complexity index is 355. The van der Waals surface area contributed by atoms with Crippen LogP contribution in [0.15, 0.2) is 28.2 Å². The molecule has 0 saturated carbocycles. The Labute approximate surface area is 87.0 Å². The minimum atomic E-state index is 0.992. The number of hydrogen-bond acceptors (Lipinski definition) is 1. The van der Waals surface area contributed by atoms with Gasteiger partial charge in [-0.05, 0) is 36.7 Å². The third-order valence-corrected chi connectivity index (χ3v) is 2.78. The second kappa shape index (κ2) is 3.64. The Morgan fingerprint density at radius 1 is 1.46 bits per heavy atom. The van der Waals surface area contributed by atoms with Crippen molar-refractivity contribution in [3.05, 3.63) is 39.4 Å². The van der Waals surface area contributed by atoms with Crippen molar-refractivity contribution >= 4 is 22.0 Å². The van der Waals surface area contributed by atoms with Gasteiger partial charge in [-0.15, -0.1) is 0 Å². The summed E-state index contributed by atoms with van der Waals surface area (Å²) in [5.41, 5.74) is 4.27. The van der Waals surface area contributed by atoms with Crippen molar-refractivity contribution in [1.82, 2.24) is 5.32 Å². The van der Waals surface area contributed by atoms with Gasteiger partial charge in [-0.25, -0.2) is 0 Å². The summed E-state index contributed by atoms with van der Waals surface area (Å²) in [5, 5.41) is 3.18. The summed E-state index contributed by atoms with van der Waals surface area (Å²) in [6, 6.07) is 6.48. The van der Waals surface area contributed by atoms with E-state index in [2.05, 4.69) is 45.5 Å². The highest BCUT2D eigenvalue weighted by Gasteiger charge is 2.11. The first kappa shape index (κ1) is 8.97. The van der Waals surface area contributed by atoms with Gasteiger partial charge in [-0.1, -0.05) is 33.6 Å². The van der Waals surface area contributed by atoms with Gasteiger partial charge < -0.3 is 5.32 Å². The van der Waals surface area contributed by atoms with Gasteiger partial charge in [-0.2, -0.15) is 0 Å². The number of rotatable bonds is 2. The quantitative estimate of drug-likeness (QED) is 0.835. The fourth-order valence-corrected chi connectivity index (χ4v) is 2.10. The normalized spacial score (nSPS) is 14.2. The van der Waals surface area contributed by atoms with Crippen LogP contribution in [-0.2, 0) is 6.42 Å². The highest BCUT2D eigenvalue weighted by atomic mass is 79.9. The summed E-state index contributed by atoms with van der Waals surface area (Å²) in [5.74, 6) is 0. The maximum absolute atomic E-state index is 3.48. The molecule has 68 valence electrons. The lowest BCUT2D eigenvalue weighted by atomic mass is 10.1. The Morgan fingerprint density at radius 2 is 2.31 bits per heavy atom.